The van der Waals surface area contributed by atoms with Gasteiger partial charge < -0.3 is 10.2 Å². The molecule has 1 aromatic carbocycles. The zero-order valence-electron chi connectivity index (χ0n) is 15.0. The molecule has 3 rings (SSSR count). The Bertz CT molecular complexity index is 568. The number of hydrogen-bond donors (Lipinski definition) is 1. The minimum atomic E-state index is -0.355. The van der Waals surface area contributed by atoms with Gasteiger partial charge in [0.1, 0.15) is 0 Å². The molecule has 1 aromatic rings. The first kappa shape index (κ1) is 17.9. The summed E-state index contributed by atoms with van der Waals surface area (Å²) in [7, 11) is 0. The Labute approximate surface area is 150 Å². The third-order valence-corrected chi connectivity index (χ3v) is 5.25. The van der Waals surface area contributed by atoms with Gasteiger partial charge in [-0.05, 0) is 18.4 Å². The molecule has 0 bridgehead atoms. The van der Waals surface area contributed by atoms with Crippen molar-refractivity contribution in [1.82, 2.24) is 15.1 Å². The zero-order chi connectivity index (χ0) is 17.5. The molecule has 0 aromatic heterocycles. The molecule has 2 saturated heterocycles. The number of carbonyl (C=O) groups excluding carboxylic acids is 2. The fourth-order valence-electron chi connectivity index (χ4n) is 3.78. The molecule has 2 amide bonds. The van der Waals surface area contributed by atoms with Crippen LogP contribution in [0.5, 0.6) is 0 Å². The van der Waals surface area contributed by atoms with Crippen molar-refractivity contribution in [1.29, 1.82) is 0 Å². The number of carbonyl (C=O) groups is 2. The van der Waals surface area contributed by atoms with Crippen LogP contribution in [0.25, 0.3) is 0 Å². The largest absolute Gasteiger partial charge is 0.353 e. The summed E-state index contributed by atoms with van der Waals surface area (Å²) >= 11 is 0. The number of likely N-dealkylation sites (tertiary alicyclic amines) is 1. The molecule has 0 saturated carbocycles. The number of hydrogen-bond acceptors (Lipinski definition) is 3. The molecule has 0 aliphatic carbocycles. The third-order valence-electron chi connectivity index (χ3n) is 5.25. The summed E-state index contributed by atoms with van der Waals surface area (Å²) in [5, 5.41) is 2.93. The molecule has 2 aliphatic heterocycles. The first-order chi connectivity index (χ1) is 12.2. The van der Waals surface area contributed by atoms with Crippen molar-refractivity contribution >= 4 is 11.8 Å². The molecule has 136 valence electrons. The molecule has 2 aliphatic rings. The van der Waals surface area contributed by atoms with Crippen LogP contribution >= 0.6 is 0 Å². The van der Waals surface area contributed by atoms with Crippen LogP contribution in [0.1, 0.15) is 44.1 Å². The smallest absolute Gasteiger partial charge is 0.237 e. The third kappa shape index (κ3) is 5.05. The molecule has 5 heteroatoms. The molecule has 1 atom stereocenters. The van der Waals surface area contributed by atoms with E-state index >= 15 is 0 Å². The second kappa shape index (κ2) is 8.99. The second-order valence-electron chi connectivity index (χ2n) is 7.12. The summed E-state index contributed by atoms with van der Waals surface area (Å²) in [4.78, 5) is 29.3. The van der Waals surface area contributed by atoms with Crippen LogP contribution < -0.4 is 5.32 Å². The van der Waals surface area contributed by atoms with Crippen molar-refractivity contribution in [3.05, 3.63) is 35.9 Å². The predicted octanol–water partition coefficient (Wildman–Crippen LogP) is 2.17. The standard InChI is InChI=1S/C20H29N3O2/c24-19(22-12-7-2-1-3-8-13-22)15-18-20(25)21-11-14-23(18)16-17-9-5-4-6-10-17/h4-6,9-10,18H,1-3,7-8,11-16H2,(H,21,25)/t18-/m0/s1. The maximum absolute atomic E-state index is 12.8. The lowest BCUT2D eigenvalue weighted by atomic mass is 10.0. The Balaban J connectivity index is 1.63. The number of nitrogens with one attached hydrogen (secondary N) is 1. The van der Waals surface area contributed by atoms with Crippen molar-refractivity contribution in [2.75, 3.05) is 26.2 Å². The summed E-state index contributed by atoms with van der Waals surface area (Å²) in [5.41, 5.74) is 1.18. The molecule has 2 fully saturated rings. The lowest BCUT2D eigenvalue weighted by molar-refractivity contribution is -0.139. The van der Waals surface area contributed by atoms with Crippen molar-refractivity contribution in [2.24, 2.45) is 0 Å². The Morgan fingerprint density at radius 1 is 1.00 bits per heavy atom. The lowest BCUT2D eigenvalue weighted by Gasteiger charge is -2.36. The maximum atomic E-state index is 12.8. The predicted molar refractivity (Wildman–Crippen MR) is 97.9 cm³/mol. The quantitative estimate of drug-likeness (QED) is 0.912. The van der Waals surface area contributed by atoms with E-state index in [4.69, 9.17) is 0 Å². The summed E-state index contributed by atoms with van der Waals surface area (Å²) in [6, 6.07) is 9.81. The van der Waals surface area contributed by atoms with Gasteiger partial charge in [0.15, 0.2) is 0 Å². The average molecular weight is 343 g/mol. The number of amides is 2. The van der Waals surface area contributed by atoms with Gasteiger partial charge in [0, 0.05) is 32.7 Å². The first-order valence-corrected chi connectivity index (χ1v) is 9.57. The van der Waals surface area contributed by atoms with Crippen molar-refractivity contribution in [2.45, 2.75) is 51.1 Å². The van der Waals surface area contributed by atoms with E-state index in [2.05, 4.69) is 22.3 Å². The van der Waals surface area contributed by atoms with Crippen molar-refractivity contribution in [3.8, 4) is 0 Å². The number of piperazine rings is 1. The van der Waals surface area contributed by atoms with E-state index in [1.807, 2.05) is 23.1 Å². The van der Waals surface area contributed by atoms with Gasteiger partial charge in [-0.1, -0.05) is 49.6 Å². The van der Waals surface area contributed by atoms with E-state index in [-0.39, 0.29) is 17.9 Å². The Hall–Kier alpha value is -1.88. The Kier molecular flexibility index (Phi) is 6.45. The van der Waals surface area contributed by atoms with E-state index in [0.717, 1.165) is 32.5 Å². The molecule has 5 nitrogen and oxygen atoms in total. The summed E-state index contributed by atoms with van der Waals surface area (Å²) < 4.78 is 0. The Morgan fingerprint density at radius 2 is 1.68 bits per heavy atom. The molecule has 0 radical (unpaired) electrons. The minimum absolute atomic E-state index is 0.0115. The van der Waals surface area contributed by atoms with E-state index in [9.17, 15) is 9.59 Å². The van der Waals surface area contributed by atoms with Crippen LogP contribution in [-0.4, -0.2) is 53.8 Å². The summed E-state index contributed by atoms with van der Waals surface area (Å²) in [5.74, 6) is 0.115. The van der Waals surface area contributed by atoms with Crippen molar-refractivity contribution < 1.29 is 9.59 Å². The van der Waals surface area contributed by atoms with Crippen molar-refractivity contribution in [3.63, 3.8) is 0 Å². The highest BCUT2D eigenvalue weighted by Crippen LogP contribution is 2.17. The fourth-order valence-corrected chi connectivity index (χ4v) is 3.78. The molecule has 0 unspecified atom stereocenters. The highest BCUT2D eigenvalue weighted by molar-refractivity contribution is 5.88. The maximum Gasteiger partial charge on any atom is 0.237 e. The number of benzene rings is 1. The summed E-state index contributed by atoms with van der Waals surface area (Å²) in [6.45, 7) is 3.84. The van der Waals surface area contributed by atoms with Crippen LogP contribution in [0, 0.1) is 0 Å². The molecule has 1 N–H and O–H groups in total. The van der Waals surface area contributed by atoms with Gasteiger partial charge in [0.2, 0.25) is 11.8 Å². The van der Waals surface area contributed by atoms with Gasteiger partial charge in [-0.2, -0.15) is 0 Å². The number of nitrogens with zero attached hydrogens (tertiary/aromatic N) is 2. The van der Waals surface area contributed by atoms with E-state index in [1.165, 1.54) is 24.8 Å². The van der Waals surface area contributed by atoms with Crippen LogP contribution in [0.3, 0.4) is 0 Å². The van der Waals surface area contributed by atoms with Crippen LogP contribution in [-0.2, 0) is 16.1 Å². The molecule has 0 spiro atoms. The van der Waals surface area contributed by atoms with Gasteiger partial charge in [-0.3, -0.25) is 14.5 Å². The van der Waals surface area contributed by atoms with Crippen LogP contribution in [0.2, 0.25) is 0 Å². The van der Waals surface area contributed by atoms with Gasteiger partial charge in [0.05, 0.1) is 12.5 Å². The van der Waals surface area contributed by atoms with E-state index < -0.39 is 0 Å². The second-order valence-corrected chi connectivity index (χ2v) is 7.12. The average Bonchev–Trinajstić information content (AvgIpc) is 2.58. The Morgan fingerprint density at radius 3 is 2.40 bits per heavy atom. The van der Waals surface area contributed by atoms with Crippen LogP contribution in [0.15, 0.2) is 30.3 Å². The molecule has 2 heterocycles. The monoisotopic (exact) mass is 343 g/mol. The number of rotatable bonds is 4. The van der Waals surface area contributed by atoms with Crippen LogP contribution in [0.4, 0.5) is 0 Å². The zero-order valence-corrected chi connectivity index (χ0v) is 15.0. The molecular weight excluding hydrogens is 314 g/mol. The summed E-state index contributed by atoms with van der Waals surface area (Å²) in [6.07, 6.45) is 6.13. The van der Waals surface area contributed by atoms with Gasteiger partial charge in [-0.15, -0.1) is 0 Å². The highest BCUT2D eigenvalue weighted by atomic mass is 16.2. The van der Waals surface area contributed by atoms with E-state index in [0.29, 0.717) is 19.5 Å². The van der Waals surface area contributed by atoms with Gasteiger partial charge in [0.25, 0.3) is 0 Å². The minimum Gasteiger partial charge on any atom is -0.353 e. The van der Waals surface area contributed by atoms with Gasteiger partial charge >= 0.3 is 0 Å². The first-order valence-electron chi connectivity index (χ1n) is 9.57. The lowest BCUT2D eigenvalue weighted by Crippen LogP contribution is -2.56. The highest BCUT2D eigenvalue weighted by Gasteiger charge is 2.32. The topological polar surface area (TPSA) is 52.7 Å². The SMILES string of the molecule is O=C1NCCN(Cc2ccccc2)[C@H]1CC(=O)N1CCCCCCC1. The molecule has 25 heavy (non-hydrogen) atoms. The fraction of sp³-hybridized carbons (Fsp3) is 0.600. The molecular formula is C20H29N3O2. The van der Waals surface area contributed by atoms with E-state index in [1.54, 1.807) is 0 Å². The normalized spacial score (nSPS) is 22.8. The van der Waals surface area contributed by atoms with Gasteiger partial charge in [-0.25, -0.2) is 0 Å².